The zero-order valence-corrected chi connectivity index (χ0v) is 11.9. The van der Waals surface area contributed by atoms with Crippen molar-refractivity contribution in [3.63, 3.8) is 0 Å². The van der Waals surface area contributed by atoms with Gasteiger partial charge < -0.3 is 5.32 Å². The highest BCUT2D eigenvalue weighted by atomic mass is 79.9. The van der Waals surface area contributed by atoms with Gasteiger partial charge in [-0.2, -0.15) is 0 Å². The van der Waals surface area contributed by atoms with E-state index in [0.717, 1.165) is 18.2 Å². The first kappa shape index (κ1) is 15.0. The van der Waals surface area contributed by atoms with E-state index < -0.39 is 29.3 Å². The van der Waals surface area contributed by atoms with Crippen LogP contribution in [0.4, 0.5) is 17.6 Å². The van der Waals surface area contributed by atoms with Crippen LogP contribution in [0, 0.1) is 23.3 Å². The Kier molecular flexibility index (Phi) is 4.45. The lowest BCUT2D eigenvalue weighted by atomic mass is 9.98. The first-order valence-electron chi connectivity index (χ1n) is 5.71. The van der Waals surface area contributed by atoms with Crippen molar-refractivity contribution in [1.82, 2.24) is 5.32 Å². The molecule has 1 unspecified atom stereocenters. The van der Waals surface area contributed by atoms with Gasteiger partial charge in [-0.15, -0.1) is 0 Å². The normalized spacial score (nSPS) is 12.5. The number of benzene rings is 2. The van der Waals surface area contributed by atoms with Crippen LogP contribution in [0.5, 0.6) is 0 Å². The van der Waals surface area contributed by atoms with E-state index in [0.29, 0.717) is 11.1 Å². The molecule has 0 aromatic heterocycles. The monoisotopic (exact) mass is 347 g/mol. The molecule has 2 aromatic carbocycles. The molecule has 0 spiro atoms. The third-order valence-corrected chi connectivity index (χ3v) is 3.75. The number of hydrogen-bond acceptors (Lipinski definition) is 1. The molecule has 1 nitrogen and oxygen atoms in total. The molecule has 0 heterocycles. The quantitative estimate of drug-likeness (QED) is 0.644. The standard InChI is InChI=1S/C14H10BrF4N/c1-20-14(7-2-4-9(16)11(18)6-7)8-3-5-10(17)13(19)12(8)15/h2-6,14,20H,1H3. The molecule has 0 aliphatic rings. The van der Waals surface area contributed by atoms with Gasteiger partial charge in [0.25, 0.3) is 0 Å². The number of hydrogen-bond donors (Lipinski definition) is 1. The van der Waals surface area contributed by atoms with Crippen LogP contribution >= 0.6 is 15.9 Å². The molecule has 0 saturated heterocycles. The summed E-state index contributed by atoms with van der Waals surface area (Å²) in [7, 11) is 1.58. The van der Waals surface area contributed by atoms with Crippen molar-refractivity contribution in [2.24, 2.45) is 0 Å². The Hall–Kier alpha value is -1.40. The molecule has 2 rings (SSSR count). The Balaban J connectivity index is 2.52. The van der Waals surface area contributed by atoms with E-state index in [1.807, 2.05) is 0 Å². The largest absolute Gasteiger partial charge is 0.309 e. The maximum atomic E-state index is 13.6. The zero-order chi connectivity index (χ0) is 14.9. The third kappa shape index (κ3) is 2.71. The van der Waals surface area contributed by atoms with E-state index in [9.17, 15) is 17.6 Å². The highest BCUT2D eigenvalue weighted by molar-refractivity contribution is 9.10. The highest BCUT2D eigenvalue weighted by Gasteiger charge is 2.20. The molecule has 0 bridgehead atoms. The molecule has 106 valence electrons. The first-order chi connectivity index (χ1) is 9.45. The summed E-state index contributed by atoms with van der Waals surface area (Å²) in [5.74, 6) is -3.97. The Morgan fingerprint density at radius 3 is 2.20 bits per heavy atom. The fourth-order valence-corrected chi connectivity index (χ4v) is 2.51. The predicted molar refractivity (Wildman–Crippen MR) is 71.3 cm³/mol. The van der Waals surface area contributed by atoms with Crippen LogP contribution in [-0.2, 0) is 0 Å². The van der Waals surface area contributed by atoms with Gasteiger partial charge in [0, 0.05) is 0 Å². The molecular weight excluding hydrogens is 338 g/mol. The minimum absolute atomic E-state index is 0.0541. The summed E-state index contributed by atoms with van der Waals surface area (Å²) >= 11 is 2.98. The van der Waals surface area contributed by atoms with Crippen LogP contribution in [0.25, 0.3) is 0 Å². The maximum Gasteiger partial charge on any atom is 0.173 e. The topological polar surface area (TPSA) is 12.0 Å². The SMILES string of the molecule is CNC(c1ccc(F)c(F)c1)c1ccc(F)c(F)c1Br. The van der Waals surface area contributed by atoms with Crippen molar-refractivity contribution in [3.05, 3.63) is 69.2 Å². The second-order valence-electron chi connectivity index (χ2n) is 4.16. The van der Waals surface area contributed by atoms with E-state index in [1.54, 1.807) is 7.05 Å². The van der Waals surface area contributed by atoms with Crippen molar-refractivity contribution in [2.45, 2.75) is 6.04 Å². The van der Waals surface area contributed by atoms with Gasteiger partial charge in [-0.05, 0) is 52.3 Å². The summed E-state index contributed by atoms with van der Waals surface area (Å²) in [6, 6.07) is 5.15. The average Bonchev–Trinajstić information content (AvgIpc) is 2.43. The summed E-state index contributed by atoms with van der Waals surface area (Å²) in [5.41, 5.74) is 0.788. The summed E-state index contributed by atoms with van der Waals surface area (Å²) in [6.07, 6.45) is 0. The zero-order valence-electron chi connectivity index (χ0n) is 10.4. The van der Waals surface area contributed by atoms with Gasteiger partial charge in [0.05, 0.1) is 10.5 Å². The molecule has 0 saturated carbocycles. The second kappa shape index (κ2) is 5.93. The third-order valence-electron chi connectivity index (χ3n) is 2.94. The molecule has 0 fully saturated rings. The summed E-state index contributed by atoms with van der Waals surface area (Å²) in [6.45, 7) is 0. The lowest BCUT2D eigenvalue weighted by molar-refractivity contribution is 0.497. The van der Waals surface area contributed by atoms with Crippen molar-refractivity contribution >= 4 is 15.9 Å². The van der Waals surface area contributed by atoms with Crippen molar-refractivity contribution < 1.29 is 17.6 Å². The molecule has 20 heavy (non-hydrogen) atoms. The maximum absolute atomic E-state index is 13.6. The number of nitrogens with one attached hydrogen (secondary N) is 1. The van der Waals surface area contributed by atoms with Crippen LogP contribution in [0.3, 0.4) is 0 Å². The van der Waals surface area contributed by atoms with Crippen LogP contribution in [-0.4, -0.2) is 7.05 Å². The van der Waals surface area contributed by atoms with Crippen molar-refractivity contribution in [1.29, 1.82) is 0 Å². The molecule has 0 radical (unpaired) electrons. The van der Waals surface area contributed by atoms with Gasteiger partial charge in [0.15, 0.2) is 23.3 Å². The molecule has 1 N–H and O–H groups in total. The van der Waals surface area contributed by atoms with Gasteiger partial charge in [0.2, 0.25) is 0 Å². The van der Waals surface area contributed by atoms with Crippen molar-refractivity contribution in [3.8, 4) is 0 Å². The summed E-state index contributed by atoms with van der Waals surface area (Å²) in [4.78, 5) is 0. The van der Waals surface area contributed by atoms with E-state index in [-0.39, 0.29) is 4.47 Å². The summed E-state index contributed by atoms with van der Waals surface area (Å²) < 4.78 is 52.9. The Morgan fingerprint density at radius 1 is 0.950 bits per heavy atom. The molecule has 0 aliphatic carbocycles. The Morgan fingerprint density at radius 2 is 1.60 bits per heavy atom. The molecule has 0 aliphatic heterocycles. The van der Waals surface area contributed by atoms with Gasteiger partial charge >= 0.3 is 0 Å². The van der Waals surface area contributed by atoms with Crippen LogP contribution in [0.2, 0.25) is 0 Å². The van der Waals surface area contributed by atoms with E-state index in [4.69, 9.17) is 0 Å². The number of rotatable bonds is 3. The Bertz CT molecular complexity index is 645. The fourth-order valence-electron chi connectivity index (χ4n) is 1.96. The molecular formula is C14H10BrF4N. The van der Waals surface area contributed by atoms with Gasteiger partial charge in [-0.25, -0.2) is 17.6 Å². The van der Waals surface area contributed by atoms with Gasteiger partial charge in [-0.1, -0.05) is 12.1 Å². The average molecular weight is 348 g/mol. The predicted octanol–water partition coefficient (Wildman–Crippen LogP) is 4.31. The molecule has 0 amide bonds. The lowest BCUT2D eigenvalue weighted by Crippen LogP contribution is -2.19. The van der Waals surface area contributed by atoms with Crippen molar-refractivity contribution in [2.75, 3.05) is 7.05 Å². The molecule has 6 heteroatoms. The minimum atomic E-state index is -1.02. The van der Waals surface area contributed by atoms with E-state index in [1.165, 1.54) is 12.1 Å². The summed E-state index contributed by atoms with van der Waals surface area (Å²) in [5, 5.41) is 2.86. The first-order valence-corrected chi connectivity index (χ1v) is 6.50. The molecule has 1 atom stereocenters. The fraction of sp³-hybridized carbons (Fsp3) is 0.143. The van der Waals surface area contributed by atoms with Gasteiger partial charge in [0.1, 0.15) is 0 Å². The lowest BCUT2D eigenvalue weighted by Gasteiger charge is -2.19. The van der Waals surface area contributed by atoms with Crippen LogP contribution in [0.15, 0.2) is 34.8 Å². The smallest absolute Gasteiger partial charge is 0.173 e. The highest BCUT2D eigenvalue weighted by Crippen LogP contribution is 2.31. The van der Waals surface area contributed by atoms with Crippen LogP contribution in [0.1, 0.15) is 17.2 Å². The minimum Gasteiger partial charge on any atom is -0.309 e. The van der Waals surface area contributed by atoms with E-state index >= 15 is 0 Å². The second-order valence-corrected chi connectivity index (χ2v) is 4.95. The number of halogens is 5. The Labute approximate surface area is 121 Å². The van der Waals surface area contributed by atoms with Gasteiger partial charge in [-0.3, -0.25) is 0 Å². The van der Waals surface area contributed by atoms with E-state index in [2.05, 4.69) is 21.2 Å². The molecule has 2 aromatic rings. The van der Waals surface area contributed by atoms with Crippen LogP contribution < -0.4 is 5.32 Å².